The quantitative estimate of drug-likeness (QED) is 0.732. The fourth-order valence-electron chi connectivity index (χ4n) is 1.71. The van der Waals surface area contributed by atoms with Crippen LogP contribution in [-0.2, 0) is 4.74 Å². The molecular weight excluding hydrogens is 204 g/mol. The second kappa shape index (κ2) is 5.72. The van der Waals surface area contributed by atoms with Gasteiger partial charge in [-0.25, -0.2) is 0 Å². The van der Waals surface area contributed by atoms with Crippen LogP contribution in [0.3, 0.4) is 0 Å². The van der Waals surface area contributed by atoms with E-state index in [0.29, 0.717) is 0 Å². The van der Waals surface area contributed by atoms with E-state index < -0.39 is 0 Å². The van der Waals surface area contributed by atoms with Crippen LogP contribution in [0.5, 0.6) is 5.75 Å². The molecule has 1 heterocycles. The third kappa shape index (κ3) is 2.87. The second-order valence-corrected chi connectivity index (χ2v) is 3.81. The van der Waals surface area contributed by atoms with E-state index in [1.807, 2.05) is 24.3 Å². The molecule has 1 unspecified atom stereocenters. The lowest BCUT2D eigenvalue weighted by molar-refractivity contribution is 0.178. The van der Waals surface area contributed by atoms with Gasteiger partial charge < -0.3 is 20.1 Å². The minimum absolute atomic E-state index is 0.187. The standard InChI is InChI=1S/C12H18N2O2/c1-15-7-6-13-8-10-9-14-11-4-2-3-5-12(11)16-10/h2-5,10,13-14H,6-9H2,1H3. The zero-order valence-electron chi connectivity index (χ0n) is 9.53. The molecule has 0 amide bonds. The molecule has 1 aliphatic rings. The van der Waals surface area contributed by atoms with Gasteiger partial charge in [-0.15, -0.1) is 0 Å². The number of nitrogens with one attached hydrogen (secondary N) is 2. The molecule has 0 saturated carbocycles. The molecule has 0 bridgehead atoms. The highest BCUT2D eigenvalue weighted by Gasteiger charge is 2.17. The summed E-state index contributed by atoms with van der Waals surface area (Å²) >= 11 is 0. The molecule has 1 aromatic rings. The predicted octanol–water partition coefficient (Wildman–Crippen LogP) is 1.10. The Morgan fingerprint density at radius 1 is 1.50 bits per heavy atom. The van der Waals surface area contributed by atoms with E-state index in [0.717, 1.165) is 37.7 Å². The van der Waals surface area contributed by atoms with Gasteiger partial charge in [-0.2, -0.15) is 0 Å². The third-order valence-electron chi connectivity index (χ3n) is 2.56. The SMILES string of the molecule is COCCNCC1CNc2ccccc2O1. The number of ether oxygens (including phenoxy) is 2. The maximum absolute atomic E-state index is 5.85. The van der Waals surface area contributed by atoms with E-state index in [1.165, 1.54) is 0 Å². The molecule has 0 aromatic heterocycles. The number of benzene rings is 1. The molecule has 16 heavy (non-hydrogen) atoms. The third-order valence-corrected chi connectivity index (χ3v) is 2.56. The number of rotatable bonds is 5. The molecule has 1 aromatic carbocycles. The number of hydrogen-bond donors (Lipinski definition) is 2. The van der Waals surface area contributed by atoms with Crippen LogP contribution >= 0.6 is 0 Å². The largest absolute Gasteiger partial charge is 0.485 e. The normalized spacial score (nSPS) is 18.4. The zero-order valence-corrected chi connectivity index (χ0v) is 9.53. The average Bonchev–Trinajstić information content (AvgIpc) is 2.34. The minimum atomic E-state index is 0.187. The van der Waals surface area contributed by atoms with Crippen LogP contribution in [0.4, 0.5) is 5.69 Å². The van der Waals surface area contributed by atoms with E-state index in [2.05, 4.69) is 10.6 Å². The molecule has 4 nitrogen and oxygen atoms in total. The molecular formula is C12H18N2O2. The number of anilines is 1. The van der Waals surface area contributed by atoms with Crippen molar-refractivity contribution >= 4 is 5.69 Å². The van der Waals surface area contributed by atoms with E-state index in [-0.39, 0.29) is 6.10 Å². The summed E-state index contributed by atoms with van der Waals surface area (Å²) in [5, 5.41) is 6.65. The molecule has 0 spiro atoms. The molecule has 0 fully saturated rings. The highest BCUT2D eigenvalue weighted by atomic mass is 16.5. The number of hydrogen-bond acceptors (Lipinski definition) is 4. The van der Waals surface area contributed by atoms with Gasteiger partial charge in [0.1, 0.15) is 11.9 Å². The Morgan fingerprint density at radius 3 is 3.25 bits per heavy atom. The van der Waals surface area contributed by atoms with Crippen molar-refractivity contribution in [1.82, 2.24) is 5.32 Å². The monoisotopic (exact) mass is 222 g/mol. The number of methoxy groups -OCH3 is 1. The van der Waals surface area contributed by atoms with Gasteiger partial charge in [0.25, 0.3) is 0 Å². The Bertz CT molecular complexity index is 331. The summed E-state index contributed by atoms with van der Waals surface area (Å²) in [6.07, 6.45) is 0.187. The molecule has 0 saturated heterocycles. The lowest BCUT2D eigenvalue weighted by atomic mass is 10.2. The fraction of sp³-hybridized carbons (Fsp3) is 0.500. The highest BCUT2D eigenvalue weighted by molar-refractivity contribution is 5.57. The van der Waals surface area contributed by atoms with Gasteiger partial charge >= 0.3 is 0 Å². The van der Waals surface area contributed by atoms with Gasteiger partial charge in [-0.1, -0.05) is 12.1 Å². The van der Waals surface area contributed by atoms with Crippen molar-refractivity contribution in [3.8, 4) is 5.75 Å². The van der Waals surface area contributed by atoms with Crippen LogP contribution in [0.15, 0.2) is 24.3 Å². The van der Waals surface area contributed by atoms with Crippen molar-refractivity contribution in [2.75, 3.05) is 38.7 Å². The highest BCUT2D eigenvalue weighted by Crippen LogP contribution is 2.27. The fourth-order valence-corrected chi connectivity index (χ4v) is 1.71. The van der Waals surface area contributed by atoms with Gasteiger partial charge in [0.15, 0.2) is 0 Å². The van der Waals surface area contributed by atoms with Crippen molar-refractivity contribution in [3.63, 3.8) is 0 Å². The van der Waals surface area contributed by atoms with Gasteiger partial charge in [0.05, 0.1) is 18.8 Å². The molecule has 0 aliphatic carbocycles. The maximum atomic E-state index is 5.85. The summed E-state index contributed by atoms with van der Waals surface area (Å²) in [6, 6.07) is 8.02. The predicted molar refractivity (Wildman–Crippen MR) is 64.1 cm³/mol. The Labute approximate surface area is 95.9 Å². The first-order chi connectivity index (χ1) is 7.90. The van der Waals surface area contributed by atoms with Crippen LogP contribution < -0.4 is 15.4 Å². The molecule has 0 radical (unpaired) electrons. The summed E-state index contributed by atoms with van der Waals surface area (Å²) < 4.78 is 10.8. The van der Waals surface area contributed by atoms with Gasteiger partial charge in [0, 0.05) is 20.2 Å². The average molecular weight is 222 g/mol. The van der Waals surface area contributed by atoms with Gasteiger partial charge in [-0.05, 0) is 12.1 Å². The van der Waals surface area contributed by atoms with E-state index >= 15 is 0 Å². The lowest BCUT2D eigenvalue weighted by Gasteiger charge is -2.27. The zero-order chi connectivity index (χ0) is 11.2. The van der Waals surface area contributed by atoms with Crippen molar-refractivity contribution in [1.29, 1.82) is 0 Å². The summed E-state index contributed by atoms with van der Waals surface area (Å²) in [6.45, 7) is 3.27. The topological polar surface area (TPSA) is 42.5 Å². The van der Waals surface area contributed by atoms with Crippen LogP contribution in [-0.4, -0.2) is 39.5 Å². The van der Waals surface area contributed by atoms with E-state index in [4.69, 9.17) is 9.47 Å². The van der Waals surface area contributed by atoms with Gasteiger partial charge in [-0.3, -0.25) is 0 Å². The maximum Gasteiger partial charge on any atom is 0.142 e. The summed E-state index contributed by atoms with van der Waals surface area (Å²) in [7, 11) is 1.70. The second-order valence-electron chi connectivity index (χ2n) is 3.81. The molecule has 2 N–H and O–H groups in total. The number of fused-ring (bicyclic) bond motifs is 1. The molecule has 4 heteroatoms. The van der Waals surface area contributed by atoms with E-state index in [9.17, 15) is 0 Å². The first-order valence-corrected chi connectivity index (χ1v) is 5.59. The van der Waals surface area contributed by atoms with Crippen LogP contribution in [0, 0.1) is 0 Å². The first kappa shape index (κ1) is 11.2. The molecule has 88 valence electrons. The summed E-state index contributed by atoms with van der Waals surface area (Å²) in [4.78, 5) is 0. The van der Waals surface area contributed by atoms with Crippen molar-refractivity contribution in [2.45, 2.75) is 6.10 Å². The van der Waals surface area contributed by atoms with Crippen molar-refractivity contribution in [2.24, 2.45) is 0 Å². The van der Waals surface area contributed by atoms with Crippen LogP contribution in [0.2, 0.25) is 0 Å². The van der Waals surface area contributed by atoms with Crippen LogP contribution in [0.25, 0.3) is 0 Å². The Balaban J connectivity index is 1.79. The van der Waals surface area contributed by atoms with Crippen LogP contribution in [0.1, 0.15) is 0 Å². The van der Waals surface area contributed by atoms with Crippen molar-refractivity contribution in [3.05, 3.63) is 24.3 Å². The Morgan fingerprint density at radius 2 is 2.38 bits per heavy atom. The van der Waals surface area contributed by atoms with Gasteiger partial charge in [0.2, 0.25) is 0 Å². The first-order valence-electron chi connectivity index (χ1n) is 5.59. The smallest absolute Gasteiger partial charge is 0.142 e. The number of para-hydroxylation sites is 2. The molecule has 1 aliphatic heterocycles. The van der Waals surface area contributed by atoms with E-state index in [1.54, 1.807) is 7.11 Å². The van der Waals surface area contributed by atoms with Crippen molar-refractivity contribution < 1.29 is 9.47 Å². The minimum Gasteiger partial charge on any atom is -0.485 e. The Kier molecular flexibility index (Phi) is 4.02. The summed E-state index contributed by atoms with van der Waals surface area (Å²) in [5.74, 6) is 0.937. The summed E-state index contributed by atoms with van der Waals surface area (Å²) in [5.41, 5.74) is 1.08. The molecule has 2 rings (SSSR count). The Hall–Kier alpha value is -1.26. The molecule has 1 atom stereocenters. The lowest BCUT2D eigenvalue weighted by Crippen LogP contribution is -2.40.